The van der Waals surface area contributed by atoms with E-state index in [-0.39, 0.29) is 22.8 Å². The number of nitro benzene ring substituents is 1. The first-order valence-electron chi connectivity index (χ1n) is 5.91. The molecule has 0 spiro atoms. The fourth-order valence-electron chi connectivity index (χ4n) is 1.85. The summed E-state index contributed by atoms with van der Waals surface area (Å²) >= 11 is 4.88. The van der Waals surface area contributed by atoms with Gasteiger partial charge in [-0.2, -0.15) is 0 Å². The summed E-state index contributed by atoms with van der Waals surface area (Å²) in [6, 6.07) is 6.15. The van der Waals surface area contributed by atoms with E-state index in [0.717, 1.165) is 9.35 Å². The molecule has 110 valence electrons. The number of amides is 1. The zero-order valence-electron chi connectivity index (χ0n) is 11.1. The van der Waals surface area contributed by atoms with E-state index in [9.17, 15) is 14.9 Å². The molecule has 0 radical (unpaired) electrons. The van der Waals surface area contributed by atoms with Crippen molar-refractivity contribution in [3.63, 3.8) is 0 Å². The molecule has 0 unspecified atom stereocenters. The van der Waals surface area contributed by atoms with E-state index in [2.05, 4.69) is 15.9 Å². The van der Waals surface area contributed by atoms with Crippen LogP contribution in [0.25, 0.3) is 0 Å². The molecule has 0 aliphatic carbocycles. The Morgan fingerprint density at radius 1 is 1.52 bits per heavy atom. The largest absolute Gasteiger partial charge is 0.393 e. The molecule has 1 heterocycles. The third kappa shape index (κ3) is 3.40. The van der Waals surface area contributed by atoms with Crippen LogP contribution < -0.4 is 5.73 Å². The van der Waals surface area contributed by atoms with Gasteiger partial charge in [-0.1, -0.05) is 6.07 Å². The van der Waals surface area contributed by atoms with Gasteiger partial charge in [0.05, 0.1) is 17.0 Å². The van der Waals surface area contributed by atoms with Gasteiger partial charge in [0, 0.05) is 27.8 Å². The highest BCUT2D eigenvalue weighted by molar-refractivity contribution is 9.10. The quantitative estimate of drug-likeness (QED) is 0.508. The standard InChI is InChI=1S/C13H12BrN3O3S/c1-16(6-9-5-8(14)7-21-9)13(18)10-3-2-4-11(12(10)15)17(19)20/h2-5,7H,6,15H2,1H3. The Morgan fingerprint density at radius 3 is 2.81 bits per heavy atom. The van der Waals surface area contributed by atoms with Crippen LogP contribution in [0.4, 0.5) is 11.4 Å². The number of anilines is 1. The number of hydrogen-bond donors (Lipinski definition) is 1. The summed E-state index contributed by atoms with van der Waals surface area (Å²) in [5.74, 6) is -0.347. The summed E-state index contributed by atoms with van der Waals surface area (Å²) in [5.41, 5.74) is 5.51. The highest BCUT2D eigenvalue weighted by Gasteiger charge is 2.21. The van der Waals surface area contributed by atoms with E-state index in [0.29, 0.717) is 6.54 Å². The van der Waals surface area contributed by atoms with Crippen molar-refractivity contribution in [2.75, 3.05) is 12.8 Å². The minimum Gasteiger partial charge on any atom is -0.393 e. The number of carbonyl (C=O) groups is 1. The first-order chi connectivity index (χ1) is 9.90. The number of nitro groups is 1. The second-order valence-electron chi connectivity index (χ2n) is 4.39. The van der Waals surface area contributed by atoms with Crippen molar-refractivity contribution in [2.24, 2.45) is 0 Å². The fraction of sp³-hybridized carbons (Fsp3) is 0.154. The number of nitrogens with zero attached hydrogens (tertiary/aromatic N) is 2. The van der Waals surface area contributed by atoms with Crippen LogP contribution in [0.1, 0.15) is 15.2 Å². The molecule has 0 saturated heterocycles. The van der Waals surface area contributed by atoms with Crippen LogP contribution in [-0.2, 0) is 6.54 Å². The number of carbonyl (C=O) groups excluding carboxylic acids is 1. The molecule has 0 atom stereocenters. The summed E-state index contributed by atoms with van der Waals surface area (Å²) in [6.45, 7) is 0.414. The molecular formula is C13H12BrN3O3S. The maximum absolute atomic E-state index is 12.4. The molecule has 0 saturated carbocycles. The average Bonchev–Trinajstić information content (AvgIpc) is 2.83. The lowest BCUT2D eigenvalue weighted by molar-refractivity contribution is -0.383. The van der Waals surface area contributed by atoms with E-state index in [4.69, 9.17) is 5.73 Å². The van der Waals surface area contributed by atoms with Crippen molar-refractivity contribution in [1.82, 2.24) is 4.90 Å². The van der Waals surface area contributed by atoms with Crippen molar-refractivity contribution in [2.45, 2.75) is 6.54 Å². The number of rotatable bonds is 4. The fourth-order valence-corrected chi connectivity index (χ4v) is 3.35. The summed E-state index contributed by atoms with van der Waals surface area (Å²) < 4.78 is 0.957. The summed E-state index contributed by atoms with van der Waals surface area (Å²) in [4.78, 5) is 25.1. The van der Waals surface area contributed by atoms with E-state index < -0.39 is 4.92 Å². The predicted molar refractivity (Wildman–Crippen MR) is 85.3 cm³/mol. The monoisotopic (exact) mass is 369 g/mol. The second kappa shape index (κ2) is 6.23. The molecule has 0 fully saturated rings. The van der Waals surface area contributed by atoms with Gasteiger partial charge in [0.15, 0.2) is 0 Å². The lowest BCUT2D eigenvalue weighted by Crippen LogP contribution is -2.26. The number of nitrogen functional groups attached to an aromatic ring is 1. The van der Waals surface area contributed by atoms with Crippen molar-refractivity contribution >= 4 is 44.5 Å². The van der Waals surface area contributed by atoms with Crippen molar-refractivity contribution in [3.05, 3.63) is 54.7 Å². The van der Waals surface area contributed by atoms with Crippen molar-refractivity contribution < 1.29 is 9.72 Å². The molecule has 1 aromatic carbocycles. The molecule has 2 rings (SSSR count). The lowest BCUT2D eigenvalue weighted by Gasteiger charge is -2.17. The molecule has 1 amide bonds. The normalized spacial score (nSPS) is 10.4. The van der Waals surface area contributed by atoms with Crippen LogP contribution in [0.15, 0.2) is 34.1 Å². The van der Waals surface area contributed by atoms with Crippen LogP contribution in [0, 0.1) is 10.1 Å². The Kier molecular flexibility index (Phi) is 4.59. The molecule has 6 nitrogen and oxygen atoms in total. The lowest BCUT2D eigenvalue weighted by atomic mass is 10.1. The Labute approximate surface area is 133 Å². The Bertz CT molecular complexity index is 702. The minimum absolute atomic E-state index is 0.105. The SMILES string of the molecule is CN(Cc1cc(Br)cs1)C(=O)c1cccc([N+](=O)[O-])c1N. The van der Waals surface area contributed by atoms with Gasteiger partial charge in [-0.25, -0.2) is 0 Å². The second-order valence-corrected chi connectivity index (χ2v) is 6.30. The number of hydrogen-bond acceptors (Lipinski definition) is 5. The Morgan fingerprint density at radius 2 is 2.24 bits per heavy atom. The molecule has 8 heteroatoms. The smallest absolute Gasteiger partial charge is 0.292 e. The van der Waals surface area contributed by atoms with Gasteiger partial charge in [-0.05, 0) is 28.1 Å². The maximum Gasteiger partial charge on any atom is 0.292 e. The van der Waals surface area contributed by atoms with Crippen LogP contribution >= 0.6 is 27.3 Å². The average molecular weight is 370 g/mol. The van der Waals surface area contributed by atoms with Gasteiger partial charge in [0.1, 0.15) is 5.69 Å². The highest BCUT2D eigenvalue weighted by atomic mass is 79.9. The van der Waals surface area contributed by atoms with Crippen LogP contribution in [0.2, 0.25) is 0 Å². The van der Waals surface area contributed by atoms with Gasteiger partial charge in [-0.15, -0.1) is 11.3 Å². The van der Waals surface area contributed by atoms with E-state index in [1.54, 1.807) is 7.05 Å². The number of halogens is 1. The molecule has 0 aliphatic rings. The number of thiophene rings is 1. The number of nitrogens with two attached hydrogens (primary N) is 1. The molecule has 21 heavy (non-hydrogen) atoms. The topological polar surface area (TPSA) is 89.5 Å². The van der Waals surface area contributed by atoms with Crippen LogP contribution in [0.3, 0.4) is 0 Å². The molecule has 2 N–H and O–H groups in total. The first kappa shape index (κ1) is 15.5. The molecule has 0 aliphatic heterocycles. The van der Waals surface area contributed by atoms with Gasteiger partial charge >= 0.3 is 0 Å². The number of para-hydroxylation sites is 1. The van der Waals surface area contributed by atoms with E-state index >= 15 is 0 Å². The first-order valence-corrected chi connectivity index (χ1v) is 7.58. The van der Waals surface area contributed by atoms with Crippen LogP contribution in [0.5, 0.6) is 0 Å². The third-order valence-corrected chi connectivity index (χ3v) is 4.55. The third-order valence-electron chi connectivity index (χ3n) is 2.87. The minimum atomic E-state index is -0.595. The zero-order chi connectivity index (χ0) is 15.6. The Hall–Kier alpha value is -1.93. The van der Waals surface area contributed by atoms with E-state index in [1.807, 2.05) is 11.4 Å². The summed E-state index contributed by atoms with van der Waals surface area (Å²) in [7, 11) is 1.63. The Balaban J connectivity index is 2.23. The molecular weight excluding hydrogens is 358 g/mol. The summed E-state index contributed by atoms with van der Waals surface area (Å²) in [6.07, 6.45) is 0. The molecule has 0 bridgehead atoms. The highest BCUT2D eigenvalue weighted by Crippen LogP contribution is 2.27. The predicted octanol–water partition coefficient (Wildman–Crippen LogP) is 3.27. The zero-order valence-corrected chi connectivity index (χ0v) is 13.5. The van der Waals surface area contributed by atoms with Gasteiger partial charge in [0.2, 0.25) is 0 Å². The molecule has 2 aromatic rings. The van der Waals surface area contributed by atoms with E-state index in [1.165, 1.54) is 34.4 Å². The maximum atomic E-state index is 12.4. The summed E-state index contributed by atoms with van der Waals surface area (Å²) in [5, 5.41) is 12.8. The molecule has 1 aromatic heterocycles. The van der Waals surface area contributed by atoms with Crippen LogP contribution in [-0.4, -0.2) is 22.8 Å². The van der Waals surface area contributed by atoms with Gasteiger partial charge in [0.25, 0.3) is 11.6 Å². The van der Waals surface area contributed by atoms with Crippen molar-refractivity contribution in [3.8, 4) is 0 Å². The number of benzene rings is 1. The van der Waals surface area contributed by atoms with Crippen molar-refractivity contribution in [1.29, 1.82) is 0 Å². The van der Waals surface area contributed by atoms with Gasteiger partial charge < -0.3 is 10.6 Å². The van der Waals surface area contributed by atoms with Gasteiger partial charge in [-0.3, -0.25) is 14.9 Å².